The summed E-state index contributed by atoms with van der Waals surface area (Å²) in [6, 6.07) is 8.55. The lowest BCUT2D eigenvalue weighted by Gasteiger charge is -2.59. The second-order valence-corrected chi connectivity index (χ2v) is 10.3. The maximum absolute atomic E-state index is 13.0. The summed E-state index contributed by atoms with van der Waals surface area (Å²) in [5.74, 6) is 1.68. The summed E-state index contributed by atoms with van der Waals surface area (Å²) in [7, 11) is 0. The van der Waals surface area contributed by atoms with E-state index in [9.17, 15) is 14.4 Å². The Balaban J connectivity index is 1.56. The molecular formula is C26H32O5. The van der Waals surface area contributed by atoms with E-state index >= 15 is 0 Å². The van der Waals surface area contributed by atoms with Crippen molar-refractivity contribution in [1.29, 1.82) is 0 Å². The van der Waals surface area contributed by atoms with E-state index in [-0.39, 0.29) is 28.3 Å². The molecule has 4 atom stereocenters. The number of benzene rings is 1. The molecule has 2 fully saturated rings. The second kappa shape index (κ2) is 7.92. The van der Waals surface area contributed by atoms with Crippen molar-refractivity contribution in [2.24, 2.45) is 28.6 Å². The molecular weight excluding hydrogens is 392 g/mol. The van der Waals surface area contributed by atoms with Gasteiger partial charge >= 0.3 is 5.63 Å². The summed E-state index contributed by atoms with van der Waals surface area (Å²) >= 11 is 0. The van der Waals surface area contributed by atoms with Gasteiger partial charge in [0.25, 0.3) is 0 Å². The van der Waals surface area contributed by atoms with Gasteiger partial charge in [-0.15, -0.1) is 0 Å². The van der Waals surface area contributed by atoms with Crippen molar-refractivity contribution in [2.75, 3.05) is 6.61 Å². The van der Waals surface area contributed by atoms with E-state index in [2.05, 4.69) is 20.8 Å². The zero-order valence-electron chi connectivity index (χ0n) is 18.9. The molecule has 0 radical (unpaired) electrons. The average molecular weight is 425 g/mol. The SMILES string of the molecule is CC(=O)CC1CCC2(C)C(COc3ccc4ccc(=O)oc4c3)C(=O)CCC2C1(C)C. The summed E-state index contributed by atoms with van der Waals surface area (Å²) in [6.07, 6.45) is 3.97. The zero-order chi connectivity index (χ0) is 22.4. The predicted molar refractivity (Wildman–Crippen MR) is 119 cm³/mol. The number of ether oxygens (including phenoxy) is 1. The van der Waals surface area contributed by atoms with Crippen molar-refractivity contribution in [3.05, 3.63) is 40.8 Å². The van der Waals surface area contributed by atoms with Crippen LogP contribution in [-0.4, -0.2) is 18.2 Å². The smallest absolute Gasteiger partial charge is 0.336 e. The molecule has 5 nitrogen and oxygen atoms in total. The highest BCUT2D eigenvalue weighted by molar-refractivity contribution is 5.83. The Morgan fingerprint density at radius 3 is 2.61 bits per heavy atom. The van der Waals surface area contributed by atoms with Gasteiger partial charge < -0.3 is 13.9 Å². The van der Waals surface area contributed by atoms with Gasteiger partial charge in [-0.2, -0.15) is 0 Å². The number of hydrogen-bond acceptors (Lipinski definition) is 5. The molecule has 1 aromatic carbocycles. The molecule has 166 valence electrons. The molecule has 2 saturated carbocycles. The minimum absolute atomic E-state index is 0.00394. The molecule has 5 heteroatoms. The first kappa shape index (κ1) is 21.8. The Morgan fingerprint density at radius 2 is 1.87 bits per heavy atom. The van der Waals surface area contributed by atoms with Crippen LogP contribution in [0.4, 0.5) is 0 Å². The van der Waals surface area contributed by atoms with Gasteiger partial charge in [0, 0.05) is 30.4 Å². The fourth-order valence-electron chi connectivity index (χ4n) is 6.42. The maximum Gasteiger partial charge on any atom is 0.336 e. The van der Waals surface area contributed by atoms with E-state index in [1.54, 1.807) is 19.1 Å². The summed E-state index contributed by atoms with van der Waals surface area (Å²) in [5, 5.41) is 0.832. The topological polar surface area (TPSA) is 73.6 Å². The number of carbonyl (C=O) groups is 2. The van der Waals surface area contributed by atoms with Crippen molar-refractivity contribution >= 4 is 22.5 Å². The molecule has 31 heavy (non-hydrogen) atoms. The van der Waals surface area contributed by atoms with Crippen LogP contribution in [0.1, 0.15) is 59.8 Å². The molecule has 0 bridgehead atoms. The number of ketones is 2. The number of carbonyl (C=O) groups excluding carboxylic acids is 2. The Morgan fingerprint density at radius 1 is 1.13 bits per heavy atom. The quantitative estimate of drug-likeness (QED) is 0.618. The van der Waals surface area contributed by atoms with Crippen molar-refractivity contribution in [2.45, 2.75) is 59.8 Å². The number of rotatable bonds is 5. The van der Waals surface area contributed by atoms with Crippen LogP contribution in [0.5, 0.6) is 5.75 Å². The first-order valence-corrected chi connectivity index (χ1v) is 11.3. The van der Waals surface area contributed by atoms with Gasteiger partial charge in [0.2, 0.25) is 0 Å². The van der Waals surface area contributed by atoms with Gasteiger partial charge in [-0.3, -0.25) is 4.79 Å². The zero-order valence-corrected chi connectivity index (χ0v) is 18.9. The minimum Gasteiger partial charge on any atom is -0.493 e. The van der Waals surface area contributed by atoms with E-state index in [1.165, 1.54) is 6.07 Å². The summed E-state index contributed by atoms with van der Waals surface area (Å²) < 4.78 is 11.4. The molecule has 2 aromatic rings. The van der Waals surface area contributed by atoms with Crippen LogP contribution in [-0.2, 0) is 9.59 Å². The molecule has 2 aliphatic rings. The lowest BCUT2D eigenvalue weighted by molar-refractivity contribution is -0.153. The Hall–Kier alpha value is -2.43. The number of hydrogen-bond donors (Lipinski definition) is 0. The van der Waals surface area contributed by atoms with Gasteiger partial charge in [-0.05, 0) is 67.1 Å². The highest BCUT2D eigenvalue weighted by Gasteiger charge is 2.57. The highest BCUT2D eigenvalue weighted by Crippen LogP contribution is 2.61. The molecule has 4 unspecified atom stereocenters. The monoisotopic (exact) mass is 424 g/mol. The minimum atomic E-state index is -0.396. The molecule has 4 rings (SSSR count). The lowest BCUT2D eigenvalue weighted by atomic mass is 9.45. The Kier molecular flexibility index (Phi) is 5.57. The normalized spacial score (nSPS) is 30.1. The molecule has 0 saturated heterocycles. The van der Waals surface area contributed by atoms with E-state index in [4.69, 9.17) is 9.15 Å². The third kappa shape index (κ3) is 3.95. The molecule has 0 spiro atoms. The summed E-state index contributed by atoms with van der Waals surface area (Å²) in [5.41, 5.74) is -0.0542. The van der Waals surface area contributed by atoms with Crippen LogP contribution in [0.3, 0.4) is 0 Å². The second-order valence-electron chi connectivity index (χ2n) is 10.3. The third-order valence-electron chi connectivity index (χ3n) is 8.19. The summed E-state index contributed by atoms with van der Waals surface area (Å²) in [4.78, 5) is 36.4. The summed E-state index contributed by atoms with van der Waals surface area (Å²) in [6.45, 7) is 8.80. The molecule has 1 heterocycles. The molecule has 0 aliphatic heterocycles. The Labute approximate surface area is 183 Å². The van der Waals surface area contributed by atoms with Crippen LogP contribution in [0, 0.1) is 28.6 Å². The van der Waals surface area contributed by atoms with Crippen molar-refractivity contribution in [3.63, 3.8) is 0 Å². The van der Waals surface area contributed by atoms with E-state index in [0.717, 1.165) is 24.6 Å². The molecule has 0 amide bonds. The van der Waals surface area contributed by atoms with E-state index in [1.807, 2.05) is 12.1 Å². The first-order valence-electron chi connectivity index (χ1n) is 11.3. The standard InChI is InChI=1S/C26H32O5/c1-16(27)13-18-11-12-26(4)20(21(28)8-9-23(26)25(18,2)3)15-30-19-7-5-17-6-10-24(29)31-22(17)14-19/h5-7,10,14,18,20,23H,8-9,11-13,15H2,1-4H3. The maximum atomic E-state index is 13.0. The van der Waals surface area contributed by atoms with Gasteiger partial charge in [-0.1, -0.05) is 20.8 Å². The van der Waals surface area contributed by atoms with Crippen LogP contribution in [0.25, 0.3) is 11.0 Å². The fourth-order valence-corrected chi connectivity index (χ4v) is 6.42. The number of fused-ring (bicyclic) bond motifs is 2. The van der Waals surface area contributed by atoms with Crippen LogP contribution >= 0.6 is 0 Å². The van der Waals surface area contributed by atoms with Gasteiger partial charge in [0.05, 0.1) is 12.5 Å². The molecule has 2 aliphatic carbocycles. The number of Topliss-reactive ketones (excluding diaryl/α,β-unsaturated/α-hetero) is 2. The third-order valence-corrected chi connectivity index (χ3v) is 8.19. The van der Waals surface area contributed by atoms with Gasteiger partial charge in [0.1, 0.15) is 22.9 Å². The van der Waals surface area contributed by atoms with E-state index < -0.39 is 5.63 Å². The van der Waals surface area contributed by atoms with Crippen LogP contribution in [0.2, 0.25) is 0 Å². The van der Waals surface area contributed by atoms with Crippen molar-refractivity contribution < 1.29 is 18.7 Å². The average Bonchev–Trinajstić information content (AvgIpc) is 2.69. The fraction of sp³-hybridized carbons (Fsp3) is 0.577. The van der Waals surface area contributed by atoms with Gasteiger partial charge in [-0.25, -0.2) is 4.79 Å². The highest BCUT2D eigenvalue weighted by atomic mass is 16.5. The predicted octanol–water partition coefficient (Wildman–Crippen LogP) is 5.19. The Bertz CT molecular complexity index is 1060. The lowest BCUT2D eigenvalue weighted by Crippen LogP contribution is -2.56. The molecule has 1 aromatic heterocycles. The van der Waals surface area contributed by atoms with Gasteiger partial charge in [0.15, 0.2) is 0 Å². The van der Waals surface area contributed by atoms with Crippen LogP contribution < -0.4 is 10.4 Å². The van der Waals surface area contributed by atoms with Crippen molar-refractivity contribution in [1.82, 2.24) is 0 Å². The van der Waals surface area contributed by atoms with Crippen LogP contribution in [0.15, 0.2) is 39.5 Å². The largest absolute Gasteiger partial charge is 0.493 e. The van der Waals surface area contributed by atoms with Crippen molar-refractivity contribution in [3.8, 4) is 5.75 Å². The first-order chi connectivity index (χ1) is 14.6. The van der Waals surface area contributed by atoms with E-state index in [0.29, 0.717) is 42.6 Å². The molecule has 0 N–H and O–H groups in total.